The van der Waals surface area contributed by atoms with Crippen LogP contribution >= 0.6 is 22.7 Å². The standard InChI is InChI=1S/C12H10N4S2/c1-8-4-5-11(16-15-8)14-12-13-9(7-18-12)10-3-2-6-17-10/h2-7H,1H3,(H,13,14,16). The molecule has 0 aliphatic heterocycles. The Labute approximate surface area is 112 Å². The van der Waals surface area contributed by atoms with E-state index in [9.17, 15) is 0 Å². The predicted molar refractivity (Wildman–Crippen MR) is 75.5 cm³/mol. The third-order valence-corrected chi connectivity index (χ3v) is 3.96. The molecule has 3 rings (SSSR count). The molecule has 0 aromatic carbocycles. The first-order valence-electron chi connectivity index (χ1n) is 5.38. The third kappa shape index (κ3) is 2.39. The average Bonchev–Trinajstić information content (AvgIpc) is 3.02. The number of thiophene rings is 1. The summed E-state index contributed by atoms with van der Waals surface area (Å²) in [5, 5.41) is 16.1. The second-order valence-corrected chi connectivity index (χ2v) is 5.51. The van der Waals surface area contributed by atoms with Gasteiger partial charge in [0.2, 0.25) is 0 Å². The summed E-state index contributed by atoms with van der Waals surface area (Å²) in [6, 6.07) is 7.91. The molecule has 4 nitrogen and oxygen atoms in total. The van der Waals surface area contributed by atoms with Crippen molar-refractivity contribution in [3.8, 4) is 10.6 Å². The zero-order chi connectivity index (χ0) is 12.4. The average molecular weight is 274 g/mol. The molecule has 3 aromatic heterocycles. The van der Waals surface area contributed by atoms with E-state index in [1.54, 1.807) is 22.7 Å². The fourth-order valence-corrected chi connectivity index (χ4v) is 2.92. The fourth-order valence-electron chi connectivity index (χ4n) is 1.44. The van der Waals surface area contributed by atoms with Gasteiger partial charge in [0.15, 0.2) is 10.9 Å². The zero-order valence-electron chi connectivity index (χ0n) is 9.62. The SMILES string of the molecule is Cc1ccc(Nc2nc(-c3cccs3)cs2)nn1. The van der Waals surface area contributed by atoms with E-state index in [4.69, 9.17) is 0 Å². The van der Waals surface area contributed by atoms with Crippen LogP contribution in [0.15, 0.2) is 35.0 Å². The minimum Gasteiger partial charge on any atom is -0.315 e. The van der Waals surface area contributed by atoms with Crippen molar-refractivity contribution >= 4 is 33.6 Å². The van der Waals surface area contributed by atoms with Crippen molar-refractivity contribution in [2.24, 2.45) is 0 Å². The maximum atomic E-state index is 4.52. The van der Waals surface area contributed by atoms with Crippen molar-refractivity contribution in [1.29, 1.82) is 0 Å². The Hall–Kier alpha value is -1.79. The van der Waals surface area contributed by atoms with Gasteiger partial charge in [0.1, 0.15) is 0 Å². The van der Waals surface area contributed by atoms with Gasteiger partial charge >= 0.3 is 0 Å². The lowest BCUT2D eigenvalue weighted by atomic mass is 10.4. The largest absolute Gasteiger partial charge is 0.315 e. The van der Waals surface area contributed by atoms with Crippen LogP contribution in [0.5, 0.6) is 0 Å². The Balaban J connectivity index is 1.80. The third-order valence-electron chi connectivity index (χ3n) is 2.31. The molecule has 0 spiro atoms. The molecule has 0 saturated carbocycles. The summed E-state index contributed by atoms with van der Waals surface area (Å²) in [6.45, 7) is 1.91. The van der Waals surface area contributed by atoms with E-state index < -0.39 is 0 Å². The summed E-state index contributed by atoms with van der Waals surface area (Å²) in [4.78, 5) is 5.70. The Bertz CT molecular complexity index is 628. The van der Waals surface area contributed by atoms with E-state index in [2.05, 4.69) is 26.6 Å². The van der Waals surface area contributed by atoms with Gasteiger partial charge in [0.05, 0.1) is 16.3 Å². The van der Waals surface area contributed by atoms with Crippen LogP contribution in [0.4, 0.5) is 10.9 Å². The molecule has 18 heavy (non-hydrogen) atoms. The Morgan fingerprint density at radius 3 is 2.78 bits per heavy atom. The van der Waals surface area contributed by atoms with Gasteiger partial charge in [-0.15, -0.1) is 27.8 Å². The topological polar surface area (TPSA) is 50.7 Å². The second kappa shape index (κ2) is 4.83. The number of hydrogen-bond acceptors (Lipinski definition) is 6. The number of nitrogens with one attached hydrogen (secondary N) is 1. The summed E-state index contributed by atoms with van der Waals surface area (Å²) in [5.41, 5.74) is 1.90. The molecular formula is C12H10N4S2. The molecule has 0 radical (unpaired) electrons. The number of aryl methyl sites for hydroxylation is 1. The molecule has 0 unspecified atom stereocenters. The minimum atomic E-state index is 0.715. The van der Waals surface area contributed by atoms with Crippen LogP contribution in [0.3, 0.4) is 0 Å². The lowest BCUT2D eigenvalue weighted by Crippen LogP contribution is -1.95. The monoisotopic (exact) mass is 274 g/mol. The van der Waals surface area contributed by atoms with Crippen LogP contribution in [0.1, 0.15) is 5.69 Å². The molecule has 0 aliphatic rings. The van der Waals surface area contributed by atoms with Crippen molar-refractivity contribution in [2.75, 3.05) is 5.32 Å². The van der Waals surface area contributed by atoms with Crippen molar-refractivity contribution in [2.45, 2.75) is 6.92 Å². The molecule has 3 heterocycles. The van der Waals surface area contributed by atoms with Gasteiger partial charge in [-0.1, -0.05) is 6.07 Å². The highest BCUT2D eigenvalue weighted by atomic mass is 32.1. The molecule has 1 N–H and O–H groups in total. The molecule has 0 fully saturated rings. The highest BCUT2D eigenvalue weighted by molar-refractivity contribution is 7.16. The maximum Gasteiger partial charge on any atom is 0.188 e. The summed E-state index contributed by atoms with van der Waals surface area (Å²) >= 11 is 3.25. The summed E-state index contributed by atoms with van der Waals surface area (Å²) < 4.78 is 0. The summed E-state index contributed by atoms with van der Waals surface area (Å²) in [7, 11) is 0. The van der Waals surface area contributed by atoms with E-state index >= 15 is 0 Å². The van der Waals surface area contributed by atoms with E-state index in [1.807, 2.05) is 35.9 Å². The normalized spacial score (nSPS) is 10.5. The number of nitrogens with zero attached hydrogens (tertiary/aromatic N) is 3. The molecule has 0 aliphatic carbocycles. The predicted octanol–water partition coefficient (Wildman–Crippen LogP) is 3.71. The van der Waals surface area contributed by atoms with E-state index in [0.29, 0.717) is 5.82 Å². The smallest absolute Gasteiger partial charge is 0.188 e. The molecule has 3 aromatic rings. The maximum absolute atomic E-state index is 4.52. The van der Waals surface area contributed by atoms with Gasteiger partial charge < -0.3 is 5.32 Å². The Morgan fingerprint density at radius 1 is 1.11 bits per heavy atom. The van der Waals surface area contributed by atoms with Gasteiger partial charge in [0.25, 0.3) is 0 Å². The van der Waals surface area contributed by atoms with Gasteiger partial charge in [0, 0.05) is 5.38 Å². The Kier molecular flexibility index (Phi) is 3.04. The van der Waals surface area contributed by atoms with Crippen LogP contribution in [-0.2, 0) is 0 Å². The van der Waals surface area contributed by atoms with E-state index in [0.717, 1.165) is 16.5 Å². The minimum absolute atomic E-state index is 0.715. The molecule has 6 heteroatoms. The zero-order valence-corrected chi connectivity index (χ0v) is 11.3. The van der Waals surface area contributed by atoms with Crippen molar-refractivity contribution in [1.82, 2.24) is 15.2 Å². The highest BCUT2D eigenvalue weighted by Gasteiger charge is 2.06. The van der Waals surface area contributed by atoms with Crippen molar-refractivity contribution < 1.29 is 0 Å². The molecule has 0 atom stereocenters. The van der Waals surface area contributed by atoms with Crippen molar-refractivity contribution in [3.63, 3.8) is 0 Å². The first kappa shape index (κ1) is 11.3. The number of thiazole rings is 1. The van der Waals surface area contributed by atoms with Gasteiger partial charge in [-0.25, -0.2) is 4.98 Å². The first-order valence-corrected chi connectivity index (χ1v) is 7.14. The lowest BCUT2D eigenvalue weighted by molar-refractivity contribution is 0.985. The molecule has 0 saturated heterocycles. The quantitative estimate of drug-likeness (QED) is 0.791. The van der Waals surface area contributed by atoms with Crippen molar-refractivity contribution in [3.05, 3.63) is 40.7 Å². The molecule has 90 valence electrons. The van der Waals surface area contributed by atoms with Crippen LogP contribution in [0.25, 0.3) is 10.6 Å². The first-order chi connectivity index (χ1) is 8.81. The molecule has 0 bridgehead atoms. The number of anilines is 2. The summed E-state index contributed by atoms with van der Waals surface area (Å²) in [6.07, 6.45) is 0. The second-order valence-electron chi connectivity index (χ2n) is 3.70. The highest BCUT2D eigenvalue weighted by Crippen LogP contribution is 2.29. The van der Waals surface area contributed by atoms with Crippen LogP contribution in [0.2, 0.25) is 0 Å². The van der Waals surface area contributed by atoms with Gasteiger partial charge in [-0.2, -0.15) is 5.10 Å². The number of hydrogen-bond donors (Lipinski definition) is 1. The Morgan fingerprint density at radius 2 is 2.06 bits per heavy atom. The van der Waals surface area contributed by atoms with E-state index in [-0.39, 0.29) is 0 Å². The molecule has 0 amide bonds. The number of rotatable bonds is 3. The lowest BCUT2D eigenvalue weighted by Gasteiger charge is -1.99. The fraction of sp³-hybridized carbons (Fsp3) is 0.0833. The summed E-state index contributed by atoms with van der Waals surface area (Å²) in [5.74, 6) is 0.715. The van der Waals surface area contributed by atoms with Gasteiger partial charge in [-0.3, -0.25) is 0 Å². The van der Waals surface area contributed by atoms with Gasteiger partial charge in [-0.05, 0) is 30.5 Å². The van der Waals surface area contributed by atoms with E-state index in [1.165, 1.54) is 4.88 Å². The number of aromatic nitrogens is 3. The van der Waals surface area contributed by atoms with Crippen LogP contribution in [0, 0.1) is 6.92 Å². The van der Waals surface area contributed by atoms with Crippen LogP contribution < -0.4 is 5.32 Å². The molecular weight excluding hydrogens is 264 g/mol. The van der Waals surface area contributed by atoms with Crippen LogP contribution in [-0.4, -0.2) is 15.2 Å².